The van der Waals surface area contributed by atoms with E-state index in [2.05, 4.69) is 5.32 Å². The molecule has 1 aromatic heterocycles. The number of halogens is 1. The number of carbonyl (C=O) groups is 2. The predicted molar refractivity (Wildman–Crippen MR) is 129 cm³/mol. The summed E-state index contributed by atoms with van der Waals surface area (Å²) in [6, 6.07) is 17.1. The van der Waals surface area contributed by atoms with Crippen molar-refractivity contribution in [3.8, 4) is 0 Å². The second kappa shape index (κ2) is 10.8. The Hall–Kier alpha value is -2.99. The maximum absolute atomic E-state index is 13.7. The molecule has 4 nitrogen and oxygen atoms in total. The van der Waals surface area contributed by atoms with Gasteiger partial charge in [-0.2, -0.15) is 0 Å². The molecule has 1 aliphatic rings. The molecule has 172 valence electrons. The summed E-state index contributed by atoms with van der Waals surface area (Å²) >= 11 is 1.52. The summed E-state index contributed by atoms with van der Waals surface area (Å²) in [6.07, 6.45) is 4.37. The first-order valence-corrected chi connectivity index (χ1v) is 12.3. The molecular formula is C27H29FN2O2S. The number of nitrogens with one attached hydrogen (secondary N) is 1. The number of nitrogens with zero attached hydrogens (tertiary/aromatic N) is 1. The van der Waals surface area contributed by atoms with Crippen LogP contribution < -0.4 is 5.32 Å². The van der Waals surface area contributed by atoms with Crippen LogP contribution in [0, 0.1) is 12.7 Å². The Kier molecular flexibility index (Phi) is 7.55. The fourth-order valence-corrected chi connectivity index (χ4v) is 5.16. The summed E-state index contributed by atoms with van der Waals surface area (Å²) in [5.74, 6) is -0.612. The van der Waals surface area contributed by atoms with Gasteiger partial charge in [-0.05, 0) is 60.0 Å². The third kappa shape index (κ3) is 5.88. The zero-order valence-electron chi connectivity index (χ0n) is 18.8. The number of rotatable bonds is 8. The molecule has 0 aliphatic heterocycles. The van der Waals surface area contributed by atoms with Crippen LogP contribution in [0.2, 0.25) is 0 Å². The highest BCUT2D eigenvalue weighted by molar-refractivity contribution is 7.10. The highest BCUT2D eigenvalue weighted by atomic mass is 32.1. The lowest BCUT2D eigenvalue weighted by Gasteiger charge is -2.33. The van der Waals surface area contributed by atoms with E-state index in [1.807, 2.05) is 48.7 Å². The molecule has 1 atom stereocenters. The number of thiophene rings is 1. The number of benzene rings is 2. The van der Waals surface area contributed by atoms with Crippen molar-refractivity contribution < 1.29 is 14.0 Å². The van der Waals surface area contributed by atoms with Crippen LogP contribution in [-0.2, 0) is 22.6 Å². The number of aryl methyl sites for hydroxylation is 1. The normalized spacial score (nSPS) is 14.7. The average Bonchev–Trinajstić information content (AvgIpc) is 3.50. The fourth-order valence-electron chi connectivity index (χ4n) is 4.47. The minimum absolute atomic E-state index is 0.128. The molecule has 1 N–H and O–H groups in total. The van der Waals surface area contributed by atoms with Crippen molar-refractivity contribution in [1.82, 2.24) is 10.2 Å². The van der Waals surface area contributed by atoms with Gasteiger partial charge in [0.05, 0.1) is 6.42 Å². The van der Waals surface area contributed by atoms with Crippen molar-refractivity contribution in [2.75, 3.05) is 0 Å². The number of hydrogen-bond acceptors (Lipinski definition) is 3. The molecule has 4 rings (SSSR count). The van der Waals surface area contributed by atoms with Gasteiger partial charge in [0.15, 0.2) is 0 Å². The van der Waals surface area contributed by atoms with Crippen LogP contribution in [0.4, 0.5) is 4.39 Å². The molecule has 1 heterocycles. The molecule has 0 spiro atoms. The van der Waals surface area contributed by atoms with Crippen LogP contribution in [0.15, 0.2) is 66.0 Å². The molecule has 3 aromatic rings. The van der Waals surface area contributed by atoms with Crippen LogP contribution in [-0.4, -0.2) is 22.8 Å². The first kappa shape index (κ1) is 23.2. The van der Waals surface area contributed by atoms with Gasteiger partial charge in [0.2, 0.25) is 11.8 Å². The van der Waals surface area contributed by atoms with Gasteiger partial charge in [0.1, 0.15) is 11.9 Å². The zero-order valence-corrected chi connectivity index (χ0v) is 19.6. The largest absolute Gasteiger partial charge is 0.351 e. The van der Waals surface area contributed by atoms with Crippen LogP contribution in [0.3, 0.4) is 0 Å². The standard InChI is InChI=1S/C27H29FN2O2S/c1-19-7-2-5-11-24(19)26(27(32)29-22-8-3-4-9-22)30(18-20-12-14-21(28)15-13-20)25(31)17-23-10-6-16-33-23/h2,5-7,10-16,22,26H,3-4,8-9,17-18H2,1H3,(H,29,32)/t26-/m1/s1. The molecule has 1 aliphatic carbocycles. The van der Waals surface area contributed by atoms with Crippen LogP contribution in [0.5, 0.6) is 0 Å². The van der Waals surface area contributed by atoms with E-state index in [-0.39, 0.29) is 36.6 Å². The third-order valence-electron chi connectivity index (χ3n) is 6.24. The Morgan fingerprint density at radius 2 is 1.79 bits per heavy atom. The van der Waals surface area contributed by atoms with Crippen LogP contribution >= 0.6 is 11.3 Å². The smallest absolute Gasteiger partial charge is 0.247 e. The first-order chi connectivity index (χ1) is 16.0. The number of amides is 2. The summed E-state index contributed by atoms with van der Waals surface area (Å²) in [4.78, 5) is 29.9. The summed E-state index contributed by atoms with van der Waals surface area (Å²) < 4.78 is 13.5. The summed E-state index contributed by atoms with van der Waals surface area (Å²) in [6.45, 7) is 2.19. The summed E-state index contributed by atoms with van der Waals surface area (Å²) in [5.41, 5.74) is 2.55. The third-order valence-corrected chi connectivity index (χ3v) is 7.11. The van der Waals surface area contributed by atoms with Crippen molar-refractivity contribution in [3.05, 3.63) is 93.4 Å². The molecule has 0 radical (unpaired) electrons. The molecule has 6 heteroatoms. The molecule has 0 bridgehead atoms. The van der Waals surface area contributed by atoms with Gasteiger partial charge < -0.3 is 10.2 Å². The van der Waals surface area contributed by atoms with Crippen molar-refractivity contribution in [2.45, 2.75) is 57.7 Å². The first-order valence-electron chi connectivity index (χ1n) is 11.4. The molecule has 2 aromatic carbocycles. The van der Waals surface area contributed by atoms with Crippen molar-refractivity contribution in [3.63, 3.8) is 0 Å². The number of carbonyl (C=O) groups excluding carboxylic acids is 2. The van der Waals surface area contributed by atoms with E-state index in [4.69, 9.17) is 0 Å². The quantitative estimate of drug-likeness (QED) is 0.474. The maximum atomic E-state index is 13.7. The van der Waals surface area contributed by atoms with Crippen molar-refractivity contribution in [2.24, 2.45) is 0 Å². The monoisotopic (exact) mass is 464 g/mol. The summed E-state index contributed by atoms with van der Waals surface area (Å²) in [5, 5.41) is 5.15. The van der Waals surface area contributed by atoms with E-state index < -0.39 is 6.04 Å². The lowest BCUT2D eigenvalue weighted by molar-refractivity contribution is -0.141. The van der Waals surface area contributed by atoms with E-state index in [1.165, 1.54) is 23.5 Å². The van der Waals surface area contributed by atoms with E-state index >= 15 is 0 Å². The van der Waals surface area contributed by atoms with Gasteiger partial charge in [-0.3, -0.25) is 9.59 Å². The van der Waals surface area contributed by atoms with Gasteiger partial charge in [-0.1, -0.05) is 55.3 Å². The van der Waals surface area contributed by atoms with Gasteiger partial charge in [-0.15, -0.1) is 11.3 Å². The van der Waals surface area contributed by atoms with E-state index in [9.17, 15) is 14.0 Å². The molecule has 0 unspecified atom stereocenters. The Bertz CT molecular complexity index is 1080. The summed E-state index contributed by atoms with van der Waals surface area (Å²) in [7, 11) is 0. The maximum Gasteiger partial charge on any atom is 0.247 e. The molecule has 33 heavy (non-hydrogen) atoms. The average molecular weight is 465 g/mol. The SMILES string of the molecule is Cc1ccccc1[C@H](C(=O)NC1CCCC1)N(Cc1ccc(F)cc1)C(=O)Cc1cccs1. The van der Waals surface area contributed by atoms with Gasteiger partial charge in [0.25, 0.3) is 0 Å². The lowest BCUT2D eigenvalue weighted by Crippen LogP contribution is -2.46. The van der Waals surface area contributed by atoms with Crippen molar-refractivity contribution >= 4 is 23.2 Å². The molecule has 0 saturated heterocycles. The molecule has 2 amide bonds. The second-order valence-corrected chi connectivity index (χ2v) is 9.69. The van der Waals surface area contributed by atoms with Gasteiger partial charge in [-0.25, -0.2) is 4.39 Å². The van der Waals surface area contributed by atoms with Crippen molar-refractivity contribution in [1.29, 1.82) is 0 Å². The van der Waals surface area contributed by atoms with E-state index in [0.29, 0.717) is 0 Å². The van der Waals surface area contributed by atoms with Gasteiger partial charge >= 0.3 is 0 Å². The van der Waals surface area contributed by atoms with Gasteiger partial charge in [0, 0.05) is 17.5 Å². The second-order valence-electron chi connectivity index (χ2n) is 8.65. The minimum atomic E-state index is -0.760. The van der Waals surface area contributed by atoms with Crippen LogP contribution in [0.25, 0.3) is 0 Å². The Morgan fingerprint density at radius 3 is 2.45 bits per heavy atom. The number of hydrogen-bond donors (Lipinski definition) is 1. The fraction of sp³-hybridized carbons (Fsp3) is 0.333. The lowest BCUT2D eigenvalue weighted by atomic mass is 9.97. The molecule has 1 saturated carbocycles. The minimum Gasteiger partial charge on any atom is -0.351 e. The topological polar surface area (TPSA) is 49.4 Å². The Balaban J connectivity index is 1.71. The molecular weight excluding hydrogens is 435 g/mol. The Morgan fingerprint density at radius 1 is 1.06 bits per heavy atom. The van der Waals surface area contributed by atoms with Crippen LogP contribution in [0.1, 0.15) is 53.3 Å². The zero-order chi connectivity index (χ0) is 23.2. The highest BCUT2D eigenvalue weighted by Crippen LogP contribution is 2.29. The molecule has 1 fully saturated rings. The van der Waals surface area contributed by atoms with E-state index in [0.717, 1.165) is 47.3 Å². The predicted octanol–water partition coefficient (Wildman–Crippen LogP) is 5.57. The highest BCUT2D eigenvalue weighted by Gasteiger charge is 2.34. The van der Waals surface area contributed by atoms with E-state index in [1.54, 1.807) is 17.0 Å². The Labute approximate surface area is 198 Å².